The van der Waals surface area contributed by atoms with Crippen molar-refractivity contribution in [3.8, 4) is 0 Å². The predicted molar refractivity (Wildman–Crippen MR) is 78.4 cm³/mol. The highest BCUT2D eigenvalue weighted by Gasteiger charge is 2.21. The lowest BCUT2D eigenvalue weighted by molar-refractivity contribution is -0.118. The summed E-state index contributed by atoms with van der Waals surface area (Å²) in [6, 6.07) is 11.3. The van der Waals surface area contributed by atoms with Gasteiger partial charge in [0.15, 0.2) is 5.76 Å². The van der Waals surface area contributed by atoms with Crippen LogP contribution in [0.25, 0.3) is 0 Å². The van der Waals surface area contributed by atoms with Crippen molar-refractivity contribution in [1.29, 1.82) is 0 Å². The minimum absolute atomic E-state index is 0.123. The van der Waals surface area contributed by atoms with Crippen LogP contribution in [0, 0.1) is 6.92 Å². The molecule has 0 aliphatic rings. The number of furan rings is 1. The Labute approximate surface area is 123 Å². The van der Waals surface area contributed by atoms with Crippen LogP contribution < -0.4 is 5.73 Å². The third-order valence-electron chi connectivity index (χ3n) is 3.19. The molecule has 0 spiro atoms. The first-order valence-corrected chi connectivity index (χ1v) is 6.73. The Bertz CT molecular complexity index is 619. The second-order valence-electron chi connectivity index (χ2n) is 4.86. The molecule has 1 aromatic heterocycles. The summed E-state index contributed by atoms with van der Waals surface area (Å²) < 4.78 is 5.24. The van der Waals surface area contributed by atoms with Crippen LogP contribution in [0.5, 0.6) is 0 Å². The monoisotopic (exact) mass is 286 g/mol. The number of primary amides is 1. The molecule has 0 unspecified atom stereocenters. The van der Waals surface area contributed by atoms with Gasteiger partial charge in [-0.2, -0.15) is 0 Å². The van der Waals surface area contributed by atoms with E-state index < -0.39 is 5.91 Å². The molecule has 110 valence electrons. The maximum Gasteiger partial charge on any atom is 0.290 e. The molecular weight excluding hydrogens is 268 g/mol. The molecule has 1 aromatic carbocycles. The Morgan fingerprint density at radius 1 is 1.19 bits per heavy atom. The number of nitrogens with two attached hydrogens (primary N) is 1. The van der Waals surface area contributed by atoms with Crippen molar-refractivity contribution in [1.82, 2.24) is 4.90 Å². The Balaban J connectivity index is 2.17. The maximum atomic E-state index is 12.5. The minimum Gasteiger partial charge on any atom is -0.459 e. The third kappa shape index (κ3) is 3.95. The molecule has 0 radical (unpaired) electrons. The minimum atomic E-state index is -0.433. The molecule has 1 heterocycles. The zero-order chi connectivity index (χ0) is 15.2. The molecule has 0 atom stereocenters. The fourth-order valence-corrected chi connectivity index (χ4v) is 2.04. The highest BCUT2D eigenvalue weighted by Crippen LogP contribution is 2.15. The van der Waals surface area contributed by atoms with Gasteiger partial charge in [-0.05, 0) is 18.6 Å². The van der Waals surface area contributed by atoms with Crippen LogP contribution in [0.2, 0.25) is 0 Å². The topological polar surface area (TPSA) is 76.5 Å². The Morgan fingerprint density at radius 3 is 2.48 bits per heavy atom. The molecule has 2 N–H and O–H groups in total. The fourth-order valence-electron chi connectivity index (χ4n) is 2.04. The van der Waals surface area contributed by atoms with E-state index in [-0.39, 0.29) is 18.9 Å². The van der Waals surface area contributed by atoms with Crippen LogP contribution in [-0.2, 0) is 11.3 Å². The van der Waals surface area contributed by atoms with Crippen molar-refractivity contribution in [2.24, 2.45) is 5.73 Å². The molecule has 21 heavy (non-hydrogen) atoms. The van der Waals surface area contributed by atoms with E-state index in [0.29, 0.717) is 12.3 Å². The lowest BCUT2D eigenvalue weighted by Gasteiger charge is -2.21. The molecular formula is C16H18N2O3. The summed E-state index contributed by atoms with van der Waals surface area (Å²) in [6.45, 7) is 2.49. The van der Waals surface area contributed by atoms with E-state index in [2.05, 4.69) is 0 Å². The largest absolute Gasteiger partial charge is 0.459 e. The van der Waals surface area contributed by atoms with Gasteiger partial charge >= 0.3 is 0 Å². The molecule has 0 saturated carbocycles. The summed E-state index contributed by atoms with van der Waals surface area (Å²) in [6.07, 6.45) is 1.61. The molecule has 5 heteroatoms. The summed E-state index contributed by atoms with van der Waals surface area (Å²) in [5, 5.41) is 0. The Morgan fingerprint density at radius 2 is 1.90 bits per heavy atom. The summed E-state index contributed by atoms with van der Waals surface area (Å²) in [5.74, 6) is -0.366. The molecule has 0 saturated heterocycles. The predicted octanol–water partition coefficient (Wildman–Crippen LogP) is 2.11. The zero-order valence-corrected chi connectivity index (χ0v) is 11.9. The van der Waals surface area contributed by atoms with Gasteiger partial charge < -0.3 is 15.1 Å². The first-order chi connectivity index (χ1) is 10.1. The smallest absolute Gasteiger partial charge is 0.290 e. The number of hydrogen-bond acceptors (Lipinski definition) is 3. The van der Waals surface area contributed by atoms with Gasteiger partial charge in [0.1, 0.15) is 0 Å². The van der Waals surface area contributed by atoms with E-state index in [1.54, 1.807) is 11.0 Å². The first kappa shape index (κ1) is 14.8. The molecule has 5 nitrogen and oxygen atoms in total. The summed E-state index contributed by atoms with van der Waals surface area (Å²) in [5.41, 5.74) is 6.94. The number of hydrogen-bond donors (Lipinski definition) is 1. The fraction of sp³-hybridized carbons (Fsp3) is 0.250. The van der Waals surface area contributed by atoms with Crippen molar-refractivity contribution in [2.45, 2.75) is 19.9 Å². The quantitative estimate of drug-likeness (QED) is 0.883. The standard InChI is InChI=1S/C16H18N2O3/c1-12-8-10-21-15(12)16(20)18(9-7-14(17)19)11-13-5-3-2-4-6-13/h2-6,8,10H,7,9,11H2,1H3,(H2,17,19). The molecule has 0 bridgehead atoms. The maximum absolute atomic E-state index is 12.5. The second-order valence-corrected chi connectivity index (χ2v) is 4.86. The van der Waals surface area contributed by atoms with Crippen molar-refractivity contribution < 1.29 is 14.0 Å². The highest BCUT2D eigenvalue weighted by molar-refractivity contribution is 5.93. The zero-order valence-electron chi connectivity index (χ0n) is 11.9. The Hall–Kier alpha value is -2.56. The number of amides is 2. The average Bonchev–Trinajstić information content (AvgIpc) is 2.90. The van der Waals surface area contributed by atoms with E-state index in [1.165, 1.54) is 6.26 Å². The highest BCUT2D eigenvalue weighted by atomic mass is 16.3. The normalized spacial score (nSPS) is 10.3. The van der Waals surface area contributed by atoms with Gasteiger partial charge in [-0.1, -0.05) is 30.3 Å². The number of rotatable bonds is 6. The first-order valence-electron chi connectivity index (χ1n) is 6.73. The number of carbonyl (C=O) groups excluding carboxylic acids is 2. The van der Waals surface area contributed by atoms with Gasteiger partial charge in [-0.3, -0.25) is 9.59 Å². The van der Waals surface area contributed by atoms with Crippen LogP contribution in [0.1, 0.15) is 28.1 Å². The molecule has 0 aliphatic heterocycles. The van der Waals surface area contributed by atoms with Gasteiger partial charge in [0, 0.05) is 25.1 Å². The van der Waals surface area contributed by atoms with Crippen LogP contribution >= 0.6 is 0 Å². The lowest BCUT2D eigenvalue weighted by atomic mass is 10.2. The van der Waals surface area contributed by atoms with Crippen LogP contribution in [0.3, 0.4) is 0 Å². The number of nitrogens with zero attached hydrogens (tertiary/aromatic N) is 1. The van der Waals surface area contributed by atoms with E-state index in [0.717, 1.165) is 11.1 Å². The third-order valence-corrected chi connectivity index (χ3v) is 3.19. The number of aryl methyl sites for hydroxylation is 1. The molecule has 0 aliphatic carbocycles. The summed E-state index contributed by atoms with van der Waals surface area (Å²) in [7, 11) is 0. The van der Waals surface area contributed by atoms with Gasteiger partial charge in [0.25, 0.3) is 5.91 Å². The van der Waals surface area contributed by atoms with Gasteiger partial charge in [-0.15, -0.1) is 0 Å². The summed E-state index contributed by atoms with van der Waals surface area (Å²) >= 11 is 0. The van der Waals surface area contributed by atoms with Crippen LogP contribution in [0.15, 0.2) is 47.1 Å². The molecule has 2 amide bonds. The average molecular weight is 286 g/mol. The van der Waals surface area contributed by atoms with Crippen molar-refractivity contribution >= 4 is 11.8 Å². The van der Waals surface area contributed by atoms with Crippen molar-refractivity contribution in [2.75, 3.05) is 6.54 Å². The number of carbonyl (C=O) groups is 2. The second kappa shape index (κ2) is 6.74. The molecule has 0 fully saturated rings. The van der Waals surface area contributed by atoms with Gasteiger partial charge in [-0.25, -0.2) is 0 Å². The van der Waals surface area contributed by atoms with Gasteiger partial charge in [0.2, 0.25) is 5.91 Å². The van der Waals surface area contributed by atoms with E-state index in [9.17, 15) is 9.59 Å². The van der Waals surface area contributed by atoms with Crippen molar-refractivity contribution in [3.05, 3.63) is 59.5 Å². The van der Waals surface area contributed by atoms with E-state index in [4.69, 9.17) is 10.2 Å². The van der Waals surface area contributed by atoms with Crippen LogP contribution in [-0.4, -0.2) is 23.3 Å². The van der Waals surface area contributed by atoms with Crippen LogP contribution in [0.4, 0.5) is 0 Å². The SMILES string of the molecule is Cc1ccoc1C(=O)N(CCC(N)=O)Cc1ccccc1. The van der Waals surface area contributed by atoms with E-state index in [1.807, 2.05) is 37.3 Å². The van der Waals surface area contributed by atoms with Crippen molar-refractivity contribution in [3.63, 3.8) is 0 Å². The molecule has 2 rings (SSSR count). The number of benzene rings is 1. The Kier molecular flexibility index (Phi) is 4.77. The molecule has 2 aromatic rings. The van der Waals surface area contributed by atoms with E-state index >= 15 is 0 Å². The van der Waals surface area contributed by atoms with Gasteiger partial charge in [0.05, 0.1) is 6.26 Å². The lowest BCUT2D eigenvalue weighted by Crippen LogP contribution is -2.33. The summed E-state index contributed by atoms with van der Waals surface area (Å²) in [4.78, 5) is 25.1.